The van der Waals surface area contributed by atoms with Crippen molar-refractivity contribution in [3.63, 3.8) is 0 Å². The zero-order chi connectivity index (χ0) is 9.11. The molecule has 0 unspecified atom stereocenters. The van der Waals surface area contributed by atoms with E-state index in [1.807, 2.05) is 0 Å². The fraction of sp³-hybridized carbons (Fsp3) is 0.700. The van der Waals surface area contributed by atoms with Gasteiger partial charge in [-0.15, -0.1) is 0 Å². The molecule has 0 amide bonds. The summed E-state index contributed by atoms with van der Waals surface area (Å²) in [6.45, 7) is 6.43. The van der Waals surface area contributed by atoms with Gasteiger partial charge in [-0.05, 0) is 6.42 Å². The molecule has 0 aliphatic rings. The first kappa shape index (κ1) is 29.5. The SMILES string of the molecule is C[C-](C)C.O=[C-]CCCCO.[CH3-].[W+2].[Y]. The first-order chi connectivity index (χ1) is 5.15. The summed E-state index contributed by atoms with van der Waals surface area (Å²) in [4.78, 5) is 9.47. The summed E-state index contributed by atoms with van der Waals surface area (Å²) in [5, 5.41) is 8.16. The minimum absolute atomic E-state index is 0. The van der Waals surface area contributed by atoms with Crippen molar-refractivity contribution in [2.75, 3.05) is 6.61 Å². The van der Waals surface area contributed by atoms with E-state index in [0.29, 0.717) is 6.42 Å². The topological polar surface area (TPSA) is 37.3 Å². The van der Waals surface area contributed by atoms with Crippen molar-refractivity contribution in [3.8, 4) is 0 Å². The number of hydrogen-bond acceptors (Lipinski definition) is 2. The fourth-order valence-electron chi connectivity index (χ4n) is 0.309. The Morgan fingerprint density at radius 2 is 1.57 bits per heavy atom. The van der Waals surface area contributed by atoms with Gasteiger partial charge in [0.05, 0.1) is 0 Å². The van der Waals surface area contributed by atoms with Gasteiger partial charge >= 0.3 is 21.1 Å². The molecular formula is C10H21O2WY-. The van der Waals surface area contributed by atoms with E-state index in [-0.39, 0.29) is 67.8 Å². The fourth-order valence-corrected chi connectivity index (χ4v) is 0.309. The number of aliphatic hydroxyl groups excluding tert-OH is 1. The molecule has 0 aliphatic heterocycles. The van der Waals surface area contributed by atoms with Crippen molar-refractivity contribution in [2.24, 2.45) is 0 Å². The van der Waals surface area contributed by atoms with Gasteiger partial charge in [0.15, 0.2) is 0 Å². The van der Waals surface area contributed by atoms with Gasteiger partial charge in [0, 0.05) is 39.3 Å². The van der Waals surface area contributed by atoms with Crippen molar-refractivity contribution in [2.45, 2.75) is 40.0 Å². The van der Waals surface area contributed by atoms with Crippen LogP contribution in [-0.2, 0) is 58.6 Å². The van der Waals surface area contributed by atoms with Crippen LogP contribution >= 0.6 is 0 Å². The summed E-state index contributed by atoms with van der Waals surface area (Å²) in [5.41, 5.74) is 0. The Labute approximate surface area is 129 Å². The van der Waals surface area contributed by atoms with Gasteiger partial charge in [-0.2, -0.15) is 27.2 Å². The third kappa shape index (κ3) is 70.4. The van der Waals surface area contributed by atoms with Gasteiger partial charge < -0.3 is 23.2 Å². The standard InChI is InChI=1S/C5H9O2.C4H9.CH3.W.Y/c6-4-2-1-3-5-7;1-4(2)3;;;/h6H,1-4H2;1-3H3;1H3;;/q3*-1;+2;. The monoisotopic (exact) mass is 446 g/mol. The van der Waals surface area contributed by atoms with Crippen molar-refractivity contribution in [1.82, 2.24) is 0 Å². The maximum absolute atomic E-state index is 9.47. The molecule has 0 aromatic heterocycles. The van der Waals surface area contributed by atoms with Crippen LogP contribution in [0.2, 0.25) is 0 Å². The van der Waals surface area contributed by atoms with Crippen LogP contribution in [0.3, 0.4) is 0 Å². The minimum atomic E-state index is 0. The molecule has 1 radical (unpaired) electrons. The second-order valence-corrected chi connectivity index (χ2v) is 2.83. The molecule has 4 heteroatoms. The van der Waals surface area contributed by atoms with Gasteiger partial charge in [-0.1, -0.05) is 6.42 Å². The Morgan fingerprint density at radius 3 is 1.79 bits per heavy atom. The van der Waals surface area contributed by atoms with Crippen LogP contribution < -0.4 is 0 Å². The molecule has 0 aromatic carbocycles. The van der Waals surface area contributed by atoms with Gasteiger partial charge in [0.1, 0.15) is 0 Å². The molecule has 14 heavy (non-hydrogen) atoms. The molecule has 0 atom stereocenters. The average molecular weight is 446 g/mol. The number of carbonyl (C=O) groups excluding carboxylic acids is 1. The van der Waals surface area contributed by atoms with Crippen LogP contribution in [0.4, 0.5) is 0 Å². The predicted molar refractivity (Wildman–Crippen MR) is 53.3 cm³/mol. The summed E-state index contributed by atoms with van der Waals surface area (Å²) in [6, 6.07) is 0. The van der Waals surface area contributed by atoms with Crippen LogP contribution in [0.1, 0.15) is 40.0 Å². The summed E-state index contributed by atoms with van der Waals surface area (Å²) in [7, 11) is 0. The average Bonchev–Trinajstić information content (AvgIpc) is 1.88. The third-order valence-electron chi connectivity index (χ3n) is 0.687. The Bertz CT molecular complexity index is 77.8. The van der Waals surface area contributed by atoms with Gasteiger partial charge in [0.2, 0.25) is 0 Å². The largest absolute Gasteiger partial charge is 2.00 e. The van der Waals surface area contributed by atoms with Gasteiger partial charge in [0.25, 0.3) is 0 Å². The van der Waals surface area contributed by atoms with E-state index < -0.39 is 0 Å². The molecule has 83 valence electrons. The van der Waals surface area contributed by atoms with E-state index in [9.17, 15) is 4.79 Å². The molecule has 2 nitrogen and oxygen atoms in total. The molecule has 0 saturated carbocycles. The van der Waals surface area contributed by atoms with E-state index in [1.54, 1.807) is 6.29 Å². The molecule has 0 saturated heterocycles. The maximum atomic E-state index is 9.47. The quantitative estimate of drug-likeness (QED) is 0.532. The normalized spacial score (nSPS) is 6.93. The van der Waals surface area contributed by atoms with E-state index >= 15 is 0 Å². The Kier molecular flexibility index (Phi) is 61.7. The molecule has 0 fully saturated rings. The van der Waals surface area contributed by atoms with Gasteiger partial charge in [-0.3, -0.25) is 6.29 Å². The van der Waals surface area contributed by atoms with E-state index in [0.717, 1.165) is 12.8 Å². The number of hydrogen-bond donors (Lipinski definition) is 1. The van der Waals surface area contributed by atoms with E-state index in [4.69, 9.17) is 5.11 Å². The van der Waals surface area contributed by atoms with Crippen LogP contribution in [-0.4, -0.2) is 18.0 Å². The maximum Gasteiger partial charge on any atom is 2.00 e. The molecular weight excluding hydrogens is 425 g/mol. The Morgan fingerprint density at radius 1 is 1.21 bits per heavy atom. The summed E-state index contributed by atoms with van der Waals surface area (Å²) in [6.07, 6.45) is 3.68. The van der Waals surface area contributed by atoms with Crippen molar-refractivity contribution < 1.29 is 63.7 Å². The third-order valence-corrected chi connectivity index (χ3v) is 0.687. The summed E-state index contributed by atoms with van der Waals surface area (Å²) < 4.78 is 0. The zero-order valence-corrected chi connectivity index (χ0v) is 15.4. The van der Waals surface area contributed by atoms with Crippen molar-refractivity contribution in [1.29, 1.82) is 0 Å². The summed E-state index contributed by atoms with van der Waals surface area (Å²) >= 11 is 0. The molecule has 1 N–H and O–H groups in total. The van der Waals surface area contributed by atoms with E-state index in [2.05, 4.69) is 20.8 Å². The number of rotatable bonds is 4. The molecule has 0 aromatic rings. The van der Waals surface area contributed by atoms with Gasteiger partial charge in [-0.25, -0.2) is 0 Å². The second kappa shape index (κ2) is 29.3. The summed E-state index contributed by atoms with van der Waals surface area (Å²) in [5.74, 6) is 1.42. The van der Waals surface area contributed by atoms with Crippen LogP contribution in [0.25, 0.3) is 0 Å². The van der Waals surface area contributed by atoms with Crippen molar-refractivity contribution >= 4 is 6.29 Å². The predicted octanol–water partition coefficient (Wildman–Crippen LogP) is 2.32. The molecule has 0 bridgehead atoms. The zero-order valence-electron chi connectivity index (χ0n) is 9.67. The van der Waals surface area contributed by atoms with Crippen molar-refractivity contribution in [3.05, 3.63) is 13.3 Å². The first-order valence-corrected chi connectivity index (χ1v) is 3.87. The number of aliphatic hydroxyl groups is 1. The smallest absolute Gasteiger partial charge is 0.542 e. The first-order valence-electron chi connectivity index (χ1n) is 3.87. The van der Waals surface area contributed by atoms with E-state index in [1.165, 1.54) is 5.92 Å². The molecule has 0 rings (SSSR count). The molecule has 0 spiro atoms. The van der Waals surface area contributed by atoms with Crippen LogP contribution in [0, 0.1) is 13.3 Å². The molecule has 0 aliphatic carbocycles. The van der Waals surface area contributed by atoms with Crippen LogP contribution in [0.15, 0.2) is 0 Å². The Balaban J connectivity index is -0.0000000347. The minimum Gasteiger partial charge on any atom is -0.542 e. The van der Waals surface area contributed by atoms with Crippen LogP contribution in [0.5, 0.6) is 0 Å². The molecule has 0 heterocycles. The Hall–Kier alpha value is 1.42. The second-order valence-electron chi connectivity index (χ2n) is 2.83. The number of unbranched alkanes of at least 4 members (excludes halogenated alkanes) is 2.